The number of aromatic nitrogens is 2. The Morgan fingerprint density at radius 2 is 2.00 bits per heavy atom. The van der Waals surface area contributed by atoms with Crippen LogP contribution in [0, 0.1) is 0 Å². The number of ether oxygens (including phenoxy) is 1. The molecule has 0 bridgehead atoms. The van der Waals surface area contributed by atoms with E-state index < -0.39 is 0 Å². The van der Waals surface area contributed by atoms with Gasteiger partial charge in [0.1, 0.15) is 12.6 Å². The smallest absolute Gasteiger partial charge is 0.250 e. The van der Waals surface area contributed by atoms with Crippen LogP contribution in [0.3, 0.4) is 0 Å². The molecule has 1 aliphatic heterocycles. The van der Waals surface area contributed by atoms with E-state index in [2.05, 4.69) is 54.3 Å². The molecule has 0 unspecified atom stereocenters. The van der Waals surface area contributed by atoms with Gasteiger partial charge in [0.05, 0.1) is 22.4 Å². The van der Waals surface area contributed by atoms with Gasteiger partial charge in [0, 0.05) is 41.0 Å². The van der Waals surface area contributed by atoms with Crippen molar-refractivity contribution in [2.45, 2.75) is 12.1 Å². The number of anilines is 2. The van der Waals surface area contributed by atoms with E-state index in [1.54, 1.807) is 18.3 Å². The van der Waals surface area contributed by atoms with E-state index >= 15 is 0 Å². The van der Waals surface area contributed by atoms with Crippen molar-refractivity contribution >= 4 is 62.1 Å². The molecule has 2 aromatic carbocycles. The molecule has 2 aromatic heterocycles. The average molecular weight is 597 g/mol. The molecule has 0 spiro atoms. The highest BCUT2D eigenvalue weighted by atomic mass is 79.9. The van der Waals surface area contributed by atoms with Gasteiger partial charge in [0.2, 0.25) is 5.91 Å². The average Bonchev–Trinajstić information content (AvgIpc) is 3.50. The predicted octanol–water partition coefficient (Wildman–Crippen LogP) is 6.05. The van der Waals surface area contributed by atoms with Crippen LogP contribution in [0.15, 0.2) is 89.7 Å². The number of nitrogens with one attached hydrogen (secondary N) is 2. The fraction of sp³-hybridized carbons (Fsp3) is 0.148. The Labute approximate surface area is 233 Å². The van der Waals surface area contributed by atoms with E-state index in [9.17, 15) is 4.79 Å². The number of amides is 1. The zero-order valence-electron chi connectivity index (χ0n) is 19.8. The number of pyridine rings is 1. The van der Waals surface area contributed by atoms with Crippen molar-refractivity contribution in [1.82, 2.24) is 14.9 Å². The third-order valence-electron chi connectivity index (χ3n) is 6.05. The highest BCUT2D eigenvalue weighted by Crippen LogP contribution is 2.43. The summed E-state index contributed by atoms with van der Waals surface area (Å²) in [6, 6.07) is 23.1. The van der Waals surface area contributed by atoms with Crippen LogP contribution in [-0.2, 0) is 9.53 Å². The molecule has 1 fully saturated rings. The molecule has 0 saturated carbocycles. The van der Waals surface area contributed by atoms with E-state index in [1.165, 1.54) is 7.11 Å². The summed E-state index contributed by atoms with van der Waals surface area (Å²) in [7, 11) is 1.47. The molecule has 1 aliphatic rings. The Hall–Kier alpha value is -3.24. The number of halogens is 2. The number of hydrogen-bond acceptors (Lipinski definition) is 4. The highest BCUT2D eigenvalue weighted by Gasteiger charge is 2.42. The van der Waals surface area contributed by atoms with Crippen LogP contribution in [0.1, 0.15) is 23.5 Å². The molecule has 1 saturated heterocycles. The van der Waals surface area contributed by atoms with E-state index in [1.807, 2.05) is 53.6 Å². The van der Waals surface area contributed by atoms with Crippen molar-refractivity contribution in [2.75, 3.05) is 23.9 Å². The second kappa shape index (κ2) is 11.0. The molecule has 1 amide bonds. The predicted molar refractivity (Wildman–Crippen MR) is 153 cm³/mol. The lowest BCUT2D eigenvalue weighted by atomic mass is 10.0. The number of hydrogen-bond donors (Lipinski definition) is 2. The maximum Gasteiger partial charge on any atom is 0.250 e. The summed E-state index contributed by atoms with van der Waals surface area (Å²) in [6.45, 7) is -0.0569. The van der Waals surface area contributed by atoms with Crippen LogP contribution in [0.5, 0.6) is 0 Å². The van der Waals surface area contributed by atoms with Gasteiger partial charge in [-0.05, 0) is 72.9 Å². The lowest BCUT2D eigenvalue weighted by molar-refractivity contribution is -0.119. The van der Waals surface area contributed by atoms with Crippen molar-refractivity contribution in [3.63, 3.8) is 0 Å². The van der Waals surface area contributed by atoms with Gasteiger partial charge >= 0.3 is 0 Å². The van der Waals surface area contributed by atoms with Crippen LogP contribution in [-0.4, -0.2) is 34.3 Å². The third-order valence-corrected chi connectivity index (χ3v) is 7.17. The lowest BCUT2D eigenvalue weighted by Crippen LogP contribution is -2.30. The summed E-state index contributed by atoms with van der Waals surface area (Å²) in [6.07, 6.45) is 3.81. The molecule has 7 nitrogen and oxygen atoms in total. The number of nitrogens with zero attached hydrogens (tertiary/aromatic N) is 3. The first kappa shape index (κ1) is 25.4. The molecule has 5 rings (SSSR count). The Morgan fingerprint density at radius 1 is 1.14 bits per heavy atom. The Morgan fingerprint density at radius 3 is 2.73 bits per heavy atom. The lowest BCUT2D eigenvalue weighted by Gasteiger charge is -2.29. The molecule has 188 valence electrons. The first-order valence-corrected chi connectivity index (χ1v) is 13.1. The van der Waals surface area contributed by atoms with E-state index in [0.29, 0.717) is 15.8 Å². The van der Waals surface area contributed by atoms with Gasteiger partial charge in [-0.15, -0.1) is 0 Å². The summed E-state index contributed by atoms with van der Waals surface area (Å²) >= 11 is 16.0. The summed E-state index contributed by atoms with van der Waals surface area (Å²) in [4.78, 5) is 18.7. The number of thiocarbonyl (C=S) groups is 1. The fourth-order valence-corrected chi connectivity index (χ4v) is 5.46. The van der Waals surface area contributed by atoms with Crippen LogP contribution in [0.4, 0.5) is 11.4 Å². The summed E-state index contributed by atoms with van der Waals surface area (Å²) in [5.41, 5.74) is 4.20. The summed E-state index contributed by atoms with van der Waals surface area (Å²) < 4.78 is 8.03. The minimum atomic E-state index is -0.282. The molecule has 0 aliphatic carbocycles. The van der Waals surface area contributed by atoms with Crippen LogP contribution in [0.25, 0.3) is 5.69 Å². The van der Waals surface area contributed by atoms with Crippen LogP contribution < -0.4 is 15.5 Å². The standard InChI is InChI=1S/C27H23BrClN5O2S/c1-36-16-24(35)31-21-11-10-19(15-20(21)29)34-26(25(32-27(34)37)22-8-2-3-12-30-22)23-9-5-13-33(23)18-7-4-6-17(28)14-18/h2-15,25-26H,16H2,1H3,(H,31,35)(H,32,37)/t25-,26-/m1/s1. The van der Waals surface area contributed by atoms with Crippen molar-refractivity contribution < 1.29 is 9.53 Å². The van der Waals surface area contributed by atoms with E-state index in [4.69, 9.17) is 28.6 Å². The molecule has 3 heterocycles. The molecule has 10 heteroatoms. The Bertz CT molecular complexity index is 1450. The highest BCUT2D eigenvalue weighted by molar-refractivity contribution is 9.10. The van der Waals surface area contributed by atoms with Crippen molar-refractivity contribution in [2.24, 2.45) is 0 Å². The van der Waals surface area contributed by atoms with Gasteiger partial charge in [0.25, 0.3) is 0 Å². The molecule has 2 atom stereocenters. The van der Waals surface area contributed by atoms with Crippen molar-refractivity contribution in [3.8, 4) is 5.69 Å². The monoisotopic (exact) mass is 595 g/mol. The van der Waals surface area contributed by atoms with Gasteiger partial charge in [-0.25, -0.2) is 0 Å². The topological polar surface area (TPSA) is 71.4 Å². The first-order valence-electron chi connectivity index (χ1n) is 11.5. The summed E-state index contributed by atoms with van der Waals surface area (Å²) in [5.74, 6) is -0.282. The second-order valence-corrected chi connectivity index (χ2v) is 10.1. The molecule has 2 N–H and O–H groups in total. The molecular weight excluding hydrogens is 574 g/mol. The van der Waals surface area contributed by atoms with Crippen molar-refractivity contribution in [1.29, 1.82) is 0 Å². The third kappa shape index (κ3) is 5.26. The maximum absolute atomic E-state index is 12.0. The minimum Gasteiger partial charge on any atom is -0.375 e. The Kier molecular flexibility index (Phi) is 7.57. The molecule has 0 radical (unpaired) electrons. The van der Waals surface area contributed by atoms with E-state index in [-0.39, 0.29) is 24.6 Å². The number of carbonyl (C=O) groups excluding carboxylic acids is 1. The minimum absolute atomic E-state index is 0.0569. The zero-order valence-corrected chi connectivity index (χ0v) is 22.9. The summed E-state index contributed by atoms with van der Waals surface area (Å²) in [5, 5.41) is 7.19. The molecule has 4 aromatic rings. The normalized spacial score (nSPS) is 17.1. The van der Waals surface area contributed by atoms with Gasteiger partial charge in [0.15, 0.2) is 5.11 Å². The van der Waals surface area contributed by atoms with Crippen LogP contribution in [0.2, 0.25) is 5.02 Å². The number of rotatable bonds is 7. The first-order chi connectivity index (χ1) is 18.0. The van der Waals surface area contributed by atoms with Crippen molar-refractivity contribution in [3.05, 3.63) is 106 Å². The SMILES string of the molecule is COCC(=O)Nc1ccc(N2C(=S)N[C@H](c3ccccn3)[C@H]2c2cccn2-c2cccc(Br)c2)cc1Cl. The van der Waals surface area contributed by atoms with Gasteiger partial charge in [-0.2, -0.15) is 0 Å². The molecule has 37 heavy (non-hydrogen) atoms. The quantitative estimate of drug-likeness (QED) is 0.253. The van der Waals surface area contributed by atoms with Crippen LogP contribution >= 0.6 is 39.7 Å². The fourth-order valence-electron chi connectivity index (χ4n) is 4.50. The second-order valence-electron chi connectivity index (χ2n) is 8.42. The number of benzene rings is 2. The maximum atomic E-state index is 12.0. The number of carbonyl (C=O) groups is 1. The zero-order chi connectivity index (χ0) is 25.9. The molecular formula is C27H23BrClN5O2S. The Balaban J connectivity index is 1.59. The van der Waals surface area contributed by atoms with E-state index in [0.717, 1.165) is 27.2 Å². The van der Waals surface area contributed by atoms with Gasteiger partial charge in [-0.3, -0.25) is 9.78 Å². The van der Waals surface area contributed by atoms with Gasteiger partial charge < -0.3 is 24.8 Å². The number of methoxy groups -OCH3 is 1. The largest absolute Gasteiger partial charge is 0.375 e. The van der Waals surface area contributed by atoms with Gasteiger partial charge in [-0.1, -0.05) is 39.7 Å².